The number of carbonyl (C=O) groups is 4. The molecule has 1 saturated carbocycles. The van der Waals surface area contributed by atoms with Crippen molar-refractivity contribution in [1.82, 2.24) is 4.90 Å². The smallest absolute Gasteiger partial charge is 0.308 e. The fourth-order valence-corrected chi connectivity index (χ4v) is 3.77. The summed E-state index contributed by atoms with van der Waals surface area (Å²) in [6, 6.07) is 7.29. The summed E-state index contributed by atoms with van der Waals surface area (Å²) in [4.78, 5) is 49.7. The Kier molecular flexibility index (Phi) is 5.88. The highest BCUT2D eigenvalue weighted by atomic mass is 16.5. The van der Waals surface area contributed by atoms with Crippen LogP contribution in [0.1, 0.15) is 37.7 Å². The number of hydrogen-bond donors (Lipinski definition) is 1. The van der Waals surface area contributed by atoms with Gasteiger partial charge in [-0.15, -0.1) is 0 Å². The first-order valence-corrected chi connectivity index (χ1v) is 9.33. The number of rotatable bonds is 6. The molecule has 1 aromatic carbocycles. The number of nitrogens with zero attached hydrogens (tertiary/aromatic N) is 1. The van der Waals surface area contributed by atoms with E-state index < -0.39 is 18.5 Å². The zero-order valence-electron chi connectivity index (χ0n) is 15.4. The molecule has 0 radical (unpaired) electrons. The first-order valence-electron chi connectivity index (χ1n) is 9.33. The van der Waals surface area contributed by atoms with Crippen molar-refractivity contribution in [3.05, 3.63) is 29.8 Å². The standard InChI is InChI=1S/C20H24N2O5/c1-13-6-2-5-9-16(13)21-17(23)12-27-18(24)10-11-22-19(25)14-7-3-4-8-15(14)20(22)26/h2,5-6,9,14-15H,3-4,7-8,10-12H2,1H3,(H,21,23)/t14-,15-/m1/s1. The number of carbonyl (C=O) groups excluding carboxylic acids is 4. The first kappa shape index (κ1) is 19.1. The molecule has 7 heteroatoms. The molecule has 7 nitrogen and oxygen atoms in total. The molecule has 1 aliphatic heterocycles. The predicted molar refractivity (Wildman–Crippen MR) is 97.6 cm³/mol. The van der Waals surface area contributed by atoms with Crippen LogP contribution in [0.25, 0.3) is 0 Å². The number of nitrogens with one attached hydrogen (secondary N) is 1. The summed E-state index contributed by atoms with van der Waals surface area (Å²) >= 11 is 0. The molecule has 2 aliphatic rings. The number of amides is 3. The van der Waals surface area contributed by atoms with Gasteiger partial charge < -0.3 is 10.1 Å². The molecule has 0 aromatic heterocycles. The zero-order chi connectivity index (χ0) is 19.4. The van der Waals surface area contributed by atoms with Crippen LogP contribution in [-0.4, -0.2) is 41.7 Å². The predicted octanol–water partition coefficient (Wildman–Crippen LogP) is 2.04. The SMILES string of the molecule is Cc1ccccc1NC(=O)COC(=O)CCN1C(=O)[C@@H]2CCCC[C@H]2C1=O. The molecule has 0 spiro atoms. The zero-order valence-corrected chi connectivity index (χ0v) is 15.4. The number of benzene rings is 1. The largest absolute Gasteiger partial charge is 0.456 e. The molecule has 27 heavy (non-hydrogen) atoms. The lowest BCUT2D eigenvalue weighted by molar-refractivity contribution is -0.148. The van der Waals surface area contributed by atoms with E-state index in [9.17, 15) is 19.2 Å². The van der Waals surface area contributed by atoms with Gasteiger partial charge in [0.25, 0.3) is 5.91 Å². The molecule has 3 rings (SSSR count). The van der Waals surface area contributed by atoms with Gasteiger partial charge in [-0.05, 0) is 31.4 Å². The van der Waals surface area contributed by atoms with Gasteiger partial charge in [-0.25, -0.2) is 0 Å². The minimum Gasteiger partial charge on any atom is -0.456 e. The van der Waals surface area contributed by atoms with Crippen LogP contribution in [0.4, 0.5) is 5.69 Å². The number of anilines is 1. The summed E-state index contributed by atoms with van der Waals surface area (Å²) in [6.07, 6.45) is 3.32. The molecule has 1 saturated heterocycles. The Labute approximate surface area is 158 Å². The average molecular weight is 372 g/mol. The number of fused-ring (bicyclic) bond motifs is 1. The summed E-state index contributed by atoms with van der Waals surface area (Å²) < 4.78 is 4.96. The van der Waals surface area contributed by atoms with Crippen molar-refractivity contribution in [2.45, 2.75) is 39.0 Å². The van der Waals surface area contributed by atoms with Crippen molar-refractivity contribution in [2.24, 2.45) is 11.8 Å². The van der Waals surface area contributed by atoms with Gasteiger partial charge in [0.05, 0.1) is 18.3 Å². The van der Waals surface area contributed by atoms with Crippen LogP contribution in [0.3, 0.4) is 0 Å². The maximum absolute atomic E-state index is 12.4. The molecule has 0 unspecified atom stereocenters. The minimum absolute atomic E-state index is 0.0168. The fourth-order valence-electron chi connectivity index (χ4n) is 3.77. The Morgan fingerprint density at radius 3 is 2.37 bits per heavy atom. The fraction of sp³-hybridized carbons (Fsp3) is 0.500. The molecule has 144 valence electrons. The molecule has 2 fully saturated rings. The molecule has 1 aromatic rings. The van der Waals surface area contributed by atoms with Crippen molar-refractivity contribution >= 4 is 29.4 Å². The van der Waals surface area contributed by atoms with Crippen molar-refractivity contribution in [3.63, 3.8) is 0 Å². The lowest BCUT2D eigenvalue weighted by Gasteiger charge is -2.19. The normalized spacial score (nSPS) is 21.7. The third-order valence-corrected chi connectivity index (χ3v) is 5.26. The van der Waals surface area contributed by atoms with Gasteiger partial charge in [-0.3, -0.25) is 24.1 Å². The van der Waals surface area contributed by atoms with Crippen LogP contribution in [0.5, 0.6) is 0 Å². The van der Waals surface area contributed by atoms with Crippen LogP contribution in [-0.2, 0) is 23.9 Å². The van der Waals surface area contributed by atoms with E-state index >= 15 is 0 Å². The number of aryl methyl sites for hydroxylation is 1. The van der Waals surface area contributed by atoms with E-state index in [4.69, 9.17) is 4.74 Å². The van der Waals surface area contributed by atoms with E-state index in [0.29, 0.717) is 5.69 Å². The van der Waals surface area contributed by atoms with Crippen LogP contribution in [0.15, 0.2) is 24.3 Å². The van der Waals surface area contributed by atoms with Crippen molar-refractivity contribution in [3.8, 4) is 0 Å². The third kappa shape index (κ3) is 4.35. The lowest BCUT2D eigenvalue weighted by Crippen LogP contribution is -2.33. The second kappa shape index (κ2) is 8.33. The number of hydrogen-bond acceptors (Lipinski definition) is 5. The van der Waals surface area contributed by atoms with E-state index in [2.05, 4.69) is 5.32 Å². The monoisotopic (exact) mass is 372 g/mol. The van der Waals surface area contributed by atoms with E-state index in [0.717, 1.165) is 31.2 Å². The second-order valence-corrected chi connectivity index (χ2v) is 7.10. The van der Waals surface area contributed by atoms with E-state index in [1.807, 2.05) is 19.1 Å². The number of likely N-dealkylation sites (tertiary alicyclic amines) is 1. The van der Waals surface area contributed by atoms with Crippen molar-refractivity contribution in [2.75, 3.05) is 18.5 Å². The van der Waals surface area contributed by atoms with Gasteiger partial charge in [0.2, 0.25) is 11.8 Å². The number of imide groups is 1. The highest BCUT2D eigenvalue weighted by Crippen LogP contribution is 2.37. The molecule has 2 atom stereocenters. The molecule has 1 heterocycles. The summed E-state index contributed by atoms with van der Waals surface area (Å²) in [6.45, 7) is 1.48. The summed E-state index contributed by atoms with van der Waals surface area (Å²) in [5.74, 6) is -1.82. The van der Waals surface area contributed by atoms with Crippen LogP contribution in [0.2, 0.25) is 0 Å². The topological polar surface area (TPSA) is 92.8 Å². The van der Waals surface area contributed by atoms with Gasteiger partial charge >= 0.3 is 5.97 Å². The van der Waals surface area contributed by atoms with Gasteiger partial charge in [0, 0.05) is 12.2 Å². The van der Waals surface area contributed by atoms with Gasteiger partial charge in [-0.1, -0.05) is 31.0 Å². The van der Waals surface area contributed by atoms with Crippen LogP contribution in [0, 0.1) is 18.8 Å². The number of esters is 1. The Bertz CT molecular complexity index is 736. The molecule has 1 N–H and O–H groups in total. The number of ether oxygens (including phenoxy) is 1. The second-order valence-electron chi connectivity index (χ2n) is 7.10. The average Bonchev–Trinajstić information content (AvgIpc) is 2.91. The van der Waals surface area contributed by atoms with Crippen LogP contribution >= 0.6 is 0 Å². The Balaban J connectivity index is 1.43. The number of para-hydroxylation sites is 1. The Hall–Kier alpha value is -2.70. The molecule has 3 amide bonds. The third-order valence-electron chi connectivity index (χ3n) is 5.26. The highest BCUT2D eigenvalue weighted by molar-refractivity contribution is 6.05. The van der Waals surface area contributed by atoms with Gasteiger partial charge in [-0.2, -0.15) is 0 Å². The summed E-state index contributed by atoms with van der Waals surface area (Å²) in [7, 11) is 0. The van der Waals surface area contributed by atoms with E-state index in [1.54, 1.807) is 12.1 Å². The van der Waals surface area contributed by atoms with E-state index in [-0.39, 0.29) is 36.6 Å². The van der Waals surface area contributed by atoms with Crippen LogP contribution < -0.4 is 5.32 Å². The Morgan fingerprint density at radius 2 is 1.74 bits per heavy atom. The minimum atomic E-state index is -0.606. The van der Waals surface area contributed by atoms with Gasteiger partial charge in [0.15, 0.2) is 6.61 Å². The summed E-state index contributed by atoms with van der Waals surface area (Å²) in [5, 5.41) is 2.68. The molecular formula is C20H24N2O5. The molecule has 1 aliphatic carbocycles. The van der Waals surface area contributed by atoms with Gasteiger partial charge in [0.1, 0.15) is 0 Å². The Morgan fingerprint density at radius 1 is 1.11 bits per heavy atom. The van der Waals surface area contributed by atoms with E-state index in [1.165, 1.54) is 4.90 Å². The molecular weight excluding hydrogens is 348 g/mol. The molecule has 0 bridgehead atoms. The first-order chi connectivity index (χ1) is 13.0. The maximum Gasteiger partial charge on any atom is 0.308 e. The van der Waals surface area contributed by atoms with Crippen molar-refractivity contribution < 1.29 is 23.9 Å². The summed E-state index contributed by atoms with van der Waals surface area (Å²) in [5.41, 5.74) is 1.57. The quantitative estimate of drug-likeness (QED) is 0.609. The lowest BCUT2D eigenvalue weighted by atomic mass is 9.81. The highest BCUT2D eigenvalue weighted by Gasteiger charge is 2.47. The maximum atomic E-state index is 12.4. The van der Waals surface area contributed by atoms with Crippen molar-refractivity contribution in [1.29, 1.82) is 0 Å².